The number of carbonyl (C=O) groups excluding carboxylic acids is 1. The van der Waals surface area contributed by atoms with Crippen molar-refractivity contribution in [3.8, 4) is 11.5 Å². The van der Waals surface area contributed by atoms with E-state index < -0.39 is 0 Å². The average Bonchev–Trinajstić information content (AvgIpc) is 2.75. The number of amides is 1. The highest BCUT2D eigenvalue weighted by molar-refractivity contribution is 5.76. The van der Waals surface area contributed by atoms with Gasteiger partial charge in [0.05, 0.1) is 32.4 Å². The molecule has 1 amide bonds. The Morgan fingerprint density at radius 3 is 2.50 bits per heavy atom. The number of aryl methyl sites for hydroxylation is 2. The van der Waals surface area contributed by atoms with Gasteiger partial charge in [0.2, 0.25) is 5.91 Å². The van der Waals surface area contributed by atoms with Gasteiger partial charge < -0.3 is 14.4 Å². The molecule has 1 heterocycles. The summed E-state index contributed by atoms with van der Waals surface area (Å²) in [5.74, 6) is 1.34. The Bertz CT molecular complexity index is 973. The molecule has 0 bridgehead atoms. The quantitative estimate of drug-likeness (QED) is 0.518. The van der Waals surface area contributed by atoms with Crippen LogP contribution in [0.5, 0.6) is 11.5 Å². The normalized spacial score (nSPS) is 10.5. The molecule has 2 aromatic carbocycles. The van der Waals surface area contributed by atoms with Crippen molar-refractivity contribution in [2.45, 2.75) is 33.4 Å². The second-order valence-corrected chi connectivity index (χ2v) is 7.31. The minimum atomic E-state index is 0.0215. The molecule has 0 saturated carbocycles. The van der Waals surface area contributed by atoms with E-state index >= 15 is 0 Å². The van der Waals surface area contributed by atoms with Crippen LogP contribution in [0.1, 0.15) is 28.8 Å². The monoisotopic (exact) mass is 404 g/mol. The molecule has 0 spiro atoms. The molecular formula is C25H28N2O3. The number of pyridine rings is 1. The summed E-state index contributed by atoms with van der Waals surface area (Å²) in [7, 11) is 1.61. The molecule has 3 aromatic rings. The van der Waals surface area contributed by atoms with Crippen molar-refractivity contribution >= 4 is 5.91 Å². The largest absolute Gasteiger partial charge is 0.493 e. The van der Waals surface area contributed by atoms with E-state index in [1.165, 1.54) is 5.56 Å². The maximum Gasteiger partial charge on any atom is 0.226 e. The number of benzene rings is 2. The van der Waals surface area contributed by atoms with Crippen molar-refractivity contribution in [1.29, 1.82) is 0 Å². The summed E-state index contributed by atoms with van der Waals surface area (Å²) in [6.07, 6.45) is 2.02. The first-order valence-corrected chi connectivity index (χ1v) is 10.1. The Morgan fingerprint density at radius 1 is 0.933 bits per heavy atom. The molecule has 1 aromatic heterocycles. The minimum absolute atomic E-state index is 0.0215. The van der Waals surface area contributed by atoms with Crippen LogP contribution in [0.4, 0.5) is 0 Å². The van der Waals surface area contributed by atoms with Crippen LogP contribution in [0.2, 0.25) is 0 Å². The number of hydrogen-bond acceptors (Lipinski definition) is 4. The first-order valence-electron chi connectivity index (χ1n) is 10.1. The third-order valence-electron chi connectivity index (χ3n) is 4.78. The van der Waals surface area contributed by atoms with Crippen molar-refractivity contribution in [2.24, 2.45) is 0 Å². The Hall–Kier alpha value is -3.34. The average molecular weight is 405 g/mol. The van der Waals surface area contributed by atoms with Gasteiger partial charge in [0.15, 0.2) is 11.5 Å². The number of nitrogens with zero attached hydrogens (tertiary/aromatic N) is 2. The summed E-state index contributed by atoms with van der Waals surface area (Å²) in [4.78, 5) is 19.2. The van der Waals surface area contributed by atoms with E-state index in [1.54, 1.807) is 13.3 Å². The Kier molecular flexibility index (Phi) is 7.44. The standard InChI is InChI=1S/C25H28N2O3/c1-19-7-6-8-21(15-19)17-27(18-22-9-4-5-13-26-22)25(28)12-14-30-23-11-10-20(2)16-24(23)29-3/h4-11,13,15-16H,12,14,17-18H2,1-3H3. The number of ether oxygens (including phenoxy) is 2. The van der Waals surface area contributed by atoms with E-state index in [-0.39, 0.29) is 18.9 Å². The van der Waals surface area contributed by atoms with Gasteiger partial charge in [-0.1, -0.05) is 42.0 Å². The van der Waals surface area contributed by atoms with Gasteiger partial charge in [0.25, 0.3) is 0 Å². The van der Waals surface area contributed by atoms with Gasteiger partial charge in [-0.15, -0.1) is 0 Å². The fourth-order valence-corrected chi connectivity index (χ4v) is 3.25. The maximum atomic E-state index is 13.0. The minimum Gasteiger partial charge on any atom is -0.493 e. The molecule has 0 aliphatic heterocycles. The van der Waals surface area contributed by atoms with Gasteiger partial charge >= 0.3 is 0 Å². The van der Waals surface area contributed by atoms with Gasteiger partial charge in [0.1, 0.15) is 0 Å². The summed E-state index contributed by atoms with van der Waals surface area (Å²) in [5.41, 5.74) is 4.22. The molecule has 3 rings (SSSR count). The summed E-state index contributed by atoms with van der Waals surface area (Å²) < 4.78 is 11.2. The van der Waals surface area contributed by atoms with Crippen molar-refractivity contribution in [3.63, 3.8) is 0 Å². The summed E-state index contributed by atoms with van der Waals surface area (Å²) in [5, 5.41) is 0. The number of hydrogen-bond donors (Lipinski definition) is 0. The van der Waals surface area contributed by atoms with Crippen LogP contribution in [-0.4, -0.2) is 29.5 Å². The number of aromatic nitrogens is 1. The topological polar surface area (TPSA) is 51.7 Å². The van der Waals surface area contributed by atoms with Crippen molar-refractivity contribution in [1.82, 2.24) is 9.88 Å². The van der Waals surface area contributed by atoms with Crippen LogP contribution < -0.4 is 9.47 Å². The second kappa shape index (κ2) is 10.4. The zero-order chi connectivity index (χ0) is 21.3. The summed E-state index contributed by atoms with van der Waals surface area (Å²) >= 11 is 0. The lowest BCUT2D eigenvalue weighted by molar-refractivity contribution is -0.133. The highest BCUT2D eigenvalue weighted by Gasteiger charge is 2.16. The Morgan fingerprint density at radius 2 is 1.77 bits per heavy atom. The molecule has 30 heavy (non-hydrogen) atoms. The first kappa shape index (κ1) is 21.4. The van der Waals surface area contributed by atoms with Gasteiger partial charge in [0, 0.05) is 12.7 Å². The van der Waals surface area contributed by atoms with Crippen LogP contribution >= 0.6 is 0 Å². The maximum absolute atomic E-state index is 13.0. The number of carbonyl (C=O) groups is 1. The predicted octanol–water partition coefficient (Wildman–Crippen LogP) is 4.70. The van der Waals surface area contributed by atoms with Gasteiger partial charge in [-0.05, 0) is 49.2 Å². The molecule has 5 heteroatoms. The molecule has 0 saturated heterocycles. The molecule has 0 radical (unpaired) electrons. The van der Waals surface area contributed by atoms with E-state index in [0.29, 0.717) is 24.6 Å². The molecular weight excluding hydrogens is 376 g/mol. The molecule has 5 nitrogen and oxygen atoms in total. The molecule has 0 aliphatic rings. The molecule has 0 unspecified atom stereocenters. The van der Waals surface area contributed by atoms with Gasteiger partial charge in [-0.3, -0.25) is 9.78 Å². The lowest BCUT2D eigenvalue weighted by Crippen LogP contribution is -2.31. The van der Waals surface area contributed by atoms with Gasteiger partial charge in [-0.25, -0.2) is 0 Å². The fraction of sp³-hybridized carbons (Fsp3) is 0.280. The number of methoxy groups -OCH3 is 1. The molecule has 0 N–H and O–H groups in total. The highest BCUT2D eigenvalue weighted by Crippen LogP contribution is 2.27. The third kappa shape index (κ3) is 6.08. The van der Waals surface area contributed by atoms with Crippen LogP contribution in [0.3, 0.4) is 0 Å². The smallest absolute Gasteiger partial charge is 0.226 e. The predicted molar refractivity (Wildman–Crippen MR) is 118 cm³/mol. The van der Waals surface area contributed by atoms with Crippen LogP contribution in [0.15, 0.2) is 66.9 Å². The van der Waals surface area contributed by atoms with Crippen LogP contribution in [0.25, 0.3) is 0 Å². The van der Waals surface area contributed by atoms with Crippen LogP contribution in [-0.2, 0) is 17.9 Å². The fourth-order valence-electron chi connectivity index (χ4n) is 3.25. The number of rotatable bonds is 9. The zero-order valence-corrected chi connectivity index (χ0v) is 17.8. The van der Waals surface area contributed by atoms with Crippen LogP contribution in [0, 0.1) is 13.8 Å². The lowest BCUT2D eigenvalue weighted by Gasteiger charge is -2.23. The third-order valence-corrected chi connectivity index (χ3v) is 4.78. The second-order valence-electron chi connectivity index (χ2n) is 7.31. The molecule has 0 atom stereocenters. The van der Waals surface area contributed by atoms with Crippen molar-refractivity contribution in [3.05, 3.63) is 89.2 Å². The zero-order valence-electron chi connectivity index (χ0n) is 17.8. The van der Waals surface area contributed by atoms with E-state index in [1.807, 2.05) is 60.4 Å². The van der Waals surface area contributed by atoms with Crippen molar-refractivity contribution in [2.75, 3.05) is 13.7 Å². The highest BCUT2D eigenvalue weighted by atomic mass is 16.5. The Balaban J connectivity index is 1.66. The summed E-state index contributed by atoms with van der Waals surface area (Å²) in [6.45, 7) is 5.32. The van der Waals surface area contributed by atoms with E-state index in [2.05, 4.69) is 24.0 Å². The first-order chi connectivity index (χ1) is 14.5. The van der Waals surface area contributed by atoms with E-state index in [0.717, 1.165) is 16.8 Å². The van der Waals surface area contributed by atoms with E-state index in [4.69, 9.17) is 9.47 Å². The summed E-state index contributed by atoms with van der Waals surface area (Å²) in [6, 6.07) is 19.7. The SMILES string of the molecule is COc1cc(C)ccc1OCCC(=O)N(Cc1cccc(C)c1)Cc1ccccn1. The lowest BCUT2D eigenvalue weighted by atomic mass is 10.1. The van der Waals surface area contributed by atoms with Gasteiger partial charge in [-0.2, -0.15) is 0 Å². The molecule has 156 valence electrons. The van der Waals surface area contributed by atoms with E-state index in [9.17, 15) is 4.79 Å². The molecule has 0 fully saturated rings. The Labute approximate surface area is 178 Å². The molecule has 0 aliphatic carbocycles. The van der Waals surface area contributed by atoms with Crippen molar-refractivity contribution < 1.29 is 14.3 Å².